The zero-order chi connectivity index (χ0) is 57.6. The van der Waals surface area contributed by atoms with Crippen LogP contribution in [0.4, 0.5) is 0 Å². The quantitative estimate of drug-likeness (QED) is 0.0818. The van der Waals surface area contributed by atoms with Crippen LogP contribution in [-0.4, -0.2) is 133 Å². The van der Waals surface area contributed by atoms with Gasteiger partial charge in [0.1, 0.15) is 35.7 Å². The van der Waals surface area contributed by atoms with Gasteiger partial charge in [0, 0.05) is 61.1 Å². The molecule has 17 atom stereocenters. The van der Waals surface area contributed by atoms with Crippen LogP contribution in [-0.2, 0) is 38.2 Å². The smallest absolute Gasteiger partial charge is 0.325 e. The van der Waals surface area contributed by atoms with Crippen molar-refractivity contribution in [2.45, 2.75) is 194 Å². The van der Waals surface area contributed by atoms with E-state index >= 15 is 0 Å². The van der Waals surface area contributed by atoms with Crippen LogP contribution in [0.2, 0.25) is 0 Å². The van der Waals surface area contributed by atoms with E-state index in [1.165, 1.54) is 30.2 Å². The molecule has 0 aliphatic carbocycles. The highest BCUT2D eigenvalue weighted by Gasteiger charge is 2.57. The number of esters is 1. The van der Waals surface area contributed by atoms with E-state index in [2.05, 4.69) is 33.6 Å². The van der Waals surface area contributed by atoms with Gasteiger partial charge in [-0.25, -0.2) is 5.43 Å². The van der Waals surface area contributed by atoms with Crippen LogP contribution in [0.3, 0.4) is 0 Å². The Kier molecular flexibility index (Phi) is 23.7. The van der Waals surface area contributed by atoms with Crippen molar-refractivity contribution in [3.05, 3.63) is 84.0 Å². The van der Waals surface area contributed by atoms with Crippen molar-refractivity contribution in [2.24, 2.45) is 47.3 Å². The fourth-order valence-electron chi connectivity index (χ4n) is 11.1. The van der Waals surface area contributed by atoms with Crippen molar-refractivity contribution in [3.8, 4) is 0 Å². The first-order valence-corrected chi connectivity index (χ1v) is 28.2. The van der Waals surface area contributed by atoms with Crippen LogP contribution in [0.1, 0.15) is 133 Å². The molecule has 17 unspecified atom stereocenters. The number of hydrogen-bond acceptors (Lipinski definition) is 15. The van der Waals surface area contributed by atoms with Crippen molar-refractivity contribution >= 4 is 35.4 Å². The zero-order valence-electron chi connectivity index (χ0n) is 47.4. The first-order valence-electron chi connectivity index (χ1n) is 28.2. The van der Waals surface area contributed by atoms with Crippen LogP contribution in [0.5, 0.6) is 0 Å². The highest BCUT2D eigenvalue weighted by atomic mass is 16.5. The van der Waals surface area contributed by atoms with Crippen LogP contribution in [0.15, 0.2) is 84.0 Å². The van der Waals surface area contributed by atoms with Crippen molar-refractivity contribution in [1.82, 2.24) is 31.7 Å². The molecule has 5 aliphatic rings. The minimum absolute atomic E-state index is 0.0273. The van der Waals surface area contributed by atoms with E-state index in [9.17, 15) is 54.3 Å². The minimum atomic E-state index is -1.45. The molecule has 2 bridgehead atoms. The molecule has 0 aromatic rings. The summed E-state index contributed by atoms with van der Waals surface area (Å²) in [5.74, 6) is -6.70. The Morgan fingerprint density at radius 3 is 2.36 bits per heavy atom. The second-order valence-corrected chi connectivity index (χ2v) is 22.9. The van der Waals surface area contributed by atoms with Gasteiger partial charge in [0.2, 0.25) is 17.7 Å². The number of hydrogen-bond donors (Lipinski definition) is 10. The third kappa shape index (κ3) is 16.6. The van der Waals surface area contributed by atoms with Crippen molar-refractivity contribution < 1.29 is 63.8 Å². The van der Waals surface area contributed by atoms with Gasteiger partial charge < -0.3 is 61.1 Å². The summed E-state index contributed by atoms with van der Waals surface area (Å²) < 4.78 is 12.9. The van der Waals surface area contributed by atoms with Crippen LogP contribution < -0.4 is 26.7 Å². The predicted molar refractivity (Wildman–Crippen MR) is 295 cm³/mol. The van der Waals surface area contributed by atoms with Crippen molar-refractivity contribution in [3.63, 3.8) is 0 Å². The third-order valence-corrected chi connectivity index (χ3v) is 16.6. The van der Waals surface area contributed by atoms with E-state index in [1.807, 2.05) is 52.8 Å². The zero-order valence-corrected chi connectivity index (χ0v) is 47.4. The monoisotopic (exact) mass is 1090 g/mol. The van der Waals surface area contributed by atoms with Gasteiger partial charge in [0.15, 0.2) is 5.88 Å². The number of ketones is 1. The molecule has 19 heteroatoms. The molecule has 78 heavy (non-hydrogen) atoms. The summed E-state index contributed by atoms with van der Waals surface area (Å²) in [6.07, 6.45) is 16.5. The maximum absolute atomic E-state index is 14.5. The Labute approximate surface area is 461 Å². The standard InChI is InChI=1S/C59H90N6O13/c1-11-41-30-36(6)59(63-54(41)72)40(10)52(70)39(9)49(78-59)32-47(68)34(4)20-14-12-15-21-35(5)48-25-17-13-16-24-46(67)38(8)53(71)43(28-27-37(7)66)55(73)62-51(33(2)3)56(74)61-45(31-42-22-18-26-50(69)60-42)57(75)65-29-19-23-44(64-65)58(76)77-48/h12-13,15-18,21-22,24,26,31,33-34,36,38-41,43-49,51-53,60,64,67-71H,11,14,19-20,23,25,27-30,32H2,1-10H3,(H,61,74)(H,62,73)(H,63,72). The number of hydrazine groups is 1. The lowest BCUT2D eigenvalue weighted by Gasteiger charge is -2.56. The highest BCUT2D eigenvalue weighted by Crippen LogP contribution is 2.46. The summed E-state index contributed by atoms with van der Waals surface area (Å²) in [5.41, 5.74) is 2.98. The number of carbonyl (C=O) groups excluding carboxylic acids is 6. The SMILES string of the molecule is CCC1CC(C)C2(NC1=O)OC(CC(O)C(C)CCC=CC=C(C)C1CC=CC=CC(O)C(C)C(O)C(CCC(C)=O)C(=O)NC(C(C)C)C(=O)NC(C=C3C=CC=C(O)N3)C(=O)N3CCCC(N3)C(=O)O1)C(C)C(O)C2C. The Morgan fingerprint density at radius 1 is 0.949 bits per heavy atom. The van der Waals surface area contributed by atoms with E-state index in [0.29, 0.717) is 44.1 Å². The average Bonchev–Trinajstić information content (AvgIpc) is 3.51. The minimum Gasteiger partial charge on any atom is -0.495 e. The first-order chi connectivity index (χ1) is 36.9. The van der Waals surface area contributed by atoms with Gasteiger partial charge in [0.05, 0.1) is 36.4 Å². The molecule has 0 saturated carbocycles. The molecule has 19 nitrogen and oxygen atoms in total. The maximum Gasteiger partial charge on any atom is 0.325 e. The number of nitrogens with zero attached hydrogens (tertiary/aromatic N) is 1. The van der Waals surface area contributed by atoms with Gasteiger partial charge in [0.25, 0.3) is 5.91 Å². The Hall–Kier alpha value is -5.44. The average molecular weight is 1090 g/mol. The molecule has 4 amide bonds. The molecule has 0 aromatic carbocycles. The summed E-state index contributed by atoms with van der Waals surface area (Å²) >= 11 is 0. The number of Topliss-reactive ketones (excluding diaryl/α,β-unsaturated/α-hetero) is 1. The number of aliphatic hydroxyl groups is 5. The highest BCUT2D eigenvalue weighted by molar-refractivity contribution is 5.94. The Balaban J connectivity index is 1.35. The normalized spacial score (nSPS) is 35.5. The number of cyclic esters (lactones) is 1. The van der Waals surface area contributed by atoms with E-state index in [-0.39, 0.29) is 78.7 Å². The summed E-state index contributed by atoms with van der Waals surface area (Å²) in [6, 6.07) is -3.57. The lowest BCUT2D eigenvalue weighted by atomic mass is 9.69. The van der Waals surface area contributed by atoms with Crippen molar-refractivity contribution in [1.29, 1.82) is 0 Å². The molecule has 0 radical (unpaired) electrons. The summed E-state index contributed by atoms with van der Waals surface area (Å²) in [5, 5.41) is 68.6. The number of aliphatic hydroxyl groups excluding tert-OH is 5. The maximum atomic E-state index is 14.5. The molecule has 3 saturated heterocycles. The van der Waals surface area contributed by atoms with Crippen molar-refractivity contribution in [2.75, 3.05) is 6.54 Å². The van der Waals surface area contributed by atoms with E-state index in [1.54, 1.807) is 51.2 Å². The Morgan fingerprint density at radius 2 is 1.68 bits per heavy atom. The molecule has 3 fully saturated rings. The van der Waals surface area contributed by atoms with E-state index < -0.39 is 102 Å². The fourth-order valence-corrected chi connectivity index (χ4v) is 11.1. The topological polar surface area (TPSA) is 285 Å². The molecular weight excluding hydrogens is 1000 g/mol. The van der Waals surface area contributed by atoms with Gasteiger partial charge >= 0.3 is 5.97 Å². The molecule has 5 heterocycles. The second kappa shape index (κ2) is 29.1. The molecule has 10 N–H and O–H groups in total. The molecule has 5 aliphatic heterocycles. The van der Waals surface area contributed by atoms with Gasteiger partial charge in [-0.1, -0.05) is 104 Å². The predicted octanol–water partition coefficient (Wildman–Crippen LogP) is 4.90. The van der Waals surface area contributed by atoms with Gasteiger partial charge in [-0.2, -0.15) is 0 Å². The van der Waals surface area contributed by atoms with Gasteiger partial charge in [-0.15, -0.1) is 0 Å². The van der Waals surface area contributed by atoms with Crippen LogP contribution >= 0.6 is 0 Å². The second-order valence-electron chi connectivity index (χ2n) is 22.9. The number of nitrogens with one attached hydrogen (secondary N) is 5. The first kappa shape index (κ1) is 63.4. The number of allylic oxidation sites excluding steroid dienone is 8. The summed E-state index contributed by atoms with van der Waals surface area (Å²) in [6.45, 7) is 18.2. The molecule has 434 valence electrons. The number of fused-ring (bicyclic) bond motifs is 2. The number of amides is 4. The van der Waals surface area contributed by atoms with Crippen LogP contribution in [0, 0.1) is 47.3 Å². The largest absolute Gasteiger partial charge is 0.495 e. The summed E-state index contributed by atoms with van der Waals surface area (Å²) in [7, 11) is 0. The summed E-state index contributed by atoms with van der Waals surface area (Å²) in [4.78, 5) is 82.1. The molecule has 5 rings (SSSR count). The van der Waals surface area contributed by atoms with E-state index in [0.717, 1.165) is 6.42 Å². The lowest BCUT2D eigenvalue weighted by molar-refractivity contribution is -0.267. The van der Waals surface area contributed by atoms with Gasteiger partial charge in [-0.05, 0) is 94.4 Å². The Bertz CT molecular complexity index is 2330. The third-order valence-electron chi connectivity index (χ3n) is 16.6. The number of piperidine rings is 1. The number of dihydropyridines is 1. The van der Waals surface area contributed by atoms with Gasteiger partial charge in [-0.3, -0.25) is 29.0 Å². The number of ether oxygens (including phenoxy) is 2. The number of rotatable bonds is 14. The fraction of sp³-hybridized carbons (Fsp3) is 0.661. The molecule has 1 spiro atoms. The van der Waals surface area contributed by atoms with E-state index in [4.69, 9.17) is 9.47 Å². The lowest BCUT2D eigenvalue weighted by Crippen LogP contribution is -2.71. The molecular formula is C59H90N6O13. The molecule has 0 aromatic heterocycles. The number of carbonyl (C=O) groups is 6. The van der Waals surface area contributed by atoms with Crippen LogP contribution in [0.25, 0.3) is 0 Å².